The van der Waals surface area contributed by atoms with Gasteiger partial charge in [-0.05, 0) is 6.42 Å². The molecular weight excluding hydrogens is 198 g/mol. The fourth-order valence-corrected chi connectivity index (χ4v) is 0.810. The number of allylic oxidation sites excluding steroid dienone is 1. The lowest BCUT2D eigenvalue weighted by atomic mass is 10.1. The molecule has 0 aromatic rings. The van der Waals surface area contributed by atoms with E-state index in [2.05, 4.69) is 9.47 Å². The van der Waals surface area contributed by atoms with Crippen molar-refractivity contribution >= 4 is 11.9 Å². The molecule has 0 bridgehead atoms. The topological polar surface area (TPSA) is 76.4 Å². The number of carbonyl (C=O) groups is 2. The van der Waals surface area contributed by atoms with Gasteiger partial charge in [-0.25, -0.2) is 0 Å². The van der Waals surface area contributed by atoms with Gasteiger partial charge in [0.05, 0.1) is 13.2 Å². The zero-order valence-electron chi connectivity index (χ0n) is 8.73. The Balaban J connectivity index is 3.87. The van der Waals surface area contributed by atoms with E-state index in [0.717, 1.165) is 0 Å². The maximum Gasteiger partial charge on any atom is 0.323 e. The Morgan fingerprint density at radius 3 is 2.60 bits per heavy atom. The summed E-state index contributed by atoms with van der Waals surface area (Å²) in [6.45, 7) is 1.45. The van der Waals surface area contributed by atoms with Gasteiger partial charge in [-0.15, -0.1) is 0 Å². The summed E-state index contributed by atoms with van der Waals surface area (Å²) in [6.07, 6.45) is 3.44. The highest BCUT2D eigenvalue weighted by Gasteiger charge is 2.15. The standard InChI is InChI=1S/C10H13NO4/c1-8(12)15-6-4-3-5-9(7-11)10(13)14-2/h3-4,9H,5-6H2,1-2H3/b4-3-. The highest BCUT2D eigenvalue weighted by Crippen LogP contribution is 2.04. The molecule has 0 spiro atoms. The van der Waals surface area contributed by atoms with Gasteiger partial charge in [0.25, 0.3) is 0 Å². The molecule has 0 saturated carbocycles. The van der Waals surface area contributed by atoms with Gasteiger partial charge in [-0.2, -0.15) is 5.26 Å². The minimum atomic E-state index is -0.802. The van der Waals surface area contributed by atoms with Crippen LogP contribution in [-0.2, 0) is 19.1 Å². The summed E-state index contributed by atoms with van der Waals surface area (Å²) < 4.78 is 9.04. The van der Waals surface area contributed by atoms with Gasteiger partial charge in [-0.3, -0.25) is 9.59 Å². The molecule has 1 unspecified atom stereocenters. The molecule has 0 radical (unpaired) electrons. The van der Waals surface area contributed by atoms with Gasteiger partial charge in [0.1, 0.15) is 12.5 Å². The smallest absolute Gasteiger partial charge is 0.323 e. The monoisotopic (exact) mass is 211 g/mol. The Hall–Kier alpha value is -1.83. The van der Waals surface area contributed by atoms with Crippen LogP contribution in [0.3, 0.4) is 0 Å². The van der Waals surface area contributed by atoms with Crippen LogP contribution in [-0.4, -0.2) is 25.7 Å². The Kier molecular flexibility index (Phi) is 6.64. The van der Waals surface area contributed by atoms with Crippen LogP contribution in [0.2, 0.25) is 0 Å². The Labute approximate surface area is 88.3 Å². The number of esters is 2. The fraction of sp³-hybridized carbons (Fsp3) is 0.500. The van der Waals surface area contributed by atoms with E-state index in [1.165, 1.54) is 14.0 Å². The van der Waals surface area contributed by atoms with Crippen LogP contribution in [0.25, 0.3) is 0 Å². The normalized spacial score (nSPS) is 11.8. The van der Waals surface area contributed by atoms with E-state index in [1.807, 2.05) is 6.07 Å². The Bertz CT molecular complexity index is 290. The summed E-state index contributed by atoms with van der Waals surface area (Å²) in [5, 5.41) is 8.60. The third-order valence-corrected chi connectivity index (χ3v) is 1.56. The molecule has 0 fully saturated rings. The number of nitriles is 1. The van der Waals surface area contributed by atoms with Crippen LogP contribution in [0.15, 0.2) is 12.2 Å². The van der Waals surface area contributed by atoms with Crippen LogP contribution in [0, 0.1) is 17.2 Å². The number of nitrogens with zero attached hydrogens (tertiary/aromatic N) is 1. The van der Waals surface area contributed by atoms with Crippen molar-refractivity contribution in [1.29, 1.82) is 5.26 Å². The van der Waals surface area contributed by atoms with Crippen molar-refractivity contribution in [2.24, 2.45) is 5.92 Å². The van der Waals surface area contributed by atoms with Crippen molar-refractivity contribution < 1.29 is 19.1 Å². The van der Waals surface area contributed by atoms with Crippen molar-refractivity contribution in [3.63, 3.8) is 0 Å². The molecule has 0 aromatic heterocycles. The summed E-state index contributed by atoms with van der Waals surface area (Å²) in [5.74, 6) is -1.73. The summed E-state index contributed by atoms with van der Waals surface area (Å²) in [5.41, 5.74) is 0. The predicted molar refractivity (Wildman–Crippen MR) is 51.5 cm³/mol. The third kappa shape index (κ3) is 6.27. The molecule has 1 atom stereocenters. The molecule has 0 aromatic carbocycles. The van der Waals surface area contributed by atoms with Gasteiger partial charge in [0.2, 0.25) is 0 Å². The highest BCUT2D eigenvalue weighted by molar-refractivity contribution is 5.75. The van der Waals surface area contributed by atoms with Gasteiger partial charge >= 0.3 is 11.9 Å². The van der Waals surface area contributed by atoms with Gasteiger partial charge in [0.15, 0.2) is 0 Å². The SMILES string of the molecule is COC(=O)C(C#N)C/C=C\COC(C)=O. The largest absolute Gasteiger partial charge is 0.468 e. The summed E-state index contributed by atoms with van der Waals surface area (Å²) in [4.78, 5) is 21.3. The molecule has 0 aliphatic heterocycles. The van der Waals surface area contributed by atoms with Crippen LogP contribution in [0.1, 0.15) is 13.3 Å². The first kappa shape index (κ1) is 13.2. The molecule has 82 valence electrons. The third-order valence-electron chi connectivity index (χ3n) is 1.56. The van der Waals surface area contributed by atoms with Gasteiger partial charge in [0, 0.05) is 6.92 Å². The lowest BCUT2D eigenvalue weighted by Crippen LogP contribution is -2.13. The van der Waals surface area contributed by atoms with E-state index in [-0.39, 0.29) is 19.0 Å². The van der Waals surface area contributed by atoms with E-state index < -0.39 is 11.9 Å². The maximum atomic E-state index is 11.0. The molecule has 0 aliphatic rings. The molecule has 0 heterocycles. The highest BCUT2D eigenvalue weighted by atomic mass is 16.5. The first-order valence-corrected chi connectivity index (χ1v) is 4.37. The second-order valence-corrected chi connectivity index (χ2v) is 2.71. The quantitative estimate of drug-likeness (QED) is 0.496. The number of methoxy groups -OCH3 is 1. The van der Waals surface area contributed by atoms with Crippen molar-refractivity contribution in [3.05, 3.63) is 12.2 Å². The van der Waals surface area contributed by atoms with Gasteiger partial charge < -0.3 is 9.47 Å². The second-order valence-electron chi connectivity index (χ2n) is 2.71. The van der Waals surface area contributed by atoms with Crippen molar-refractivity contribution in [2.45, 2.75) is 13.3 Å². The minimum Gasteiger partial charge on any atom is -0.468 e. The van der Waals surface area contributed by atoms with E-state index >= 15 is 0 Å². The zero-order chi connectivity index (χ0) is 11.7. The fourth-order valence-electron chi connectivity index (χ4n) is 0.810. The molecule has 0 saturated heterocycles. The van der Waals surface area contributed by atoms with Crippen LogP contribution in [0.5, 0.6) is 0 Å². The number of rotatable bonds is 5. The van der Waals surface area contributed by atoms with Crippen molar-refractivity contribution in [3.8, 4) is 6.07 Å². The van der Waals surface area contributed by atoms with E-state index in [9.17, 15) is 9.59 Å². The number of hydrogen-bond donors (Lipinski definition) is 0. The summed E-state index contributed by atoms with van der Waals surface area (Å²) >= 11 is 0. The average molecular weight is 211 g/mol. The number of hydrogen-bond acceptors (Lipinski definition) is 5. The molecule has 5 nitrogen and oxygen atoms in total. The second kappa shape index (κ2) is 7.56. The molecule has 15 heavy (non-hydrogen) atoms. The van der Waals surface area contributed by atoms with Crippen LogP contribution < -0.4 is 0 Å². The molecule has 0 rings (SSSR count). The Morgan fingerprint density at radius 1 is 1.47 bits per heavy atom. The first-order valence-electron chi connectivity index (χ1n) is 4.37. The van der Waals surface area contributed by atoms with Crippen LogP contribution in [0.4, 0.5) is 0 Å². The summed E-state index contributed by atoms with van der Waals surface area (Å²) in [7, 11) is 1.23. The minimum absolute atomic E-state index is 0.147. The van der Waals surface area contributed by atoms with Crippen LogP contribution >= 0.6 is 0 Å². The summed E-state index contributed by atoms with van der Waals surface area (Å²) in [6, 6.07) is 1.82. The first-order chi connectivity index (χ1) is 7.11. The van der Waals surface area contributed by atoms with E-state index in [1.54, 1.807) is 12.2 Å². The molecular formula is C10H13NO4. The van der Waals surface area contributed by atoms with E-state index in [4.69, 9.17) is 5.26 Å². The Morgan fingerprint density at radius 2 is 2.13 bits per heavy atom. The molecule has 0 N–H and O–H groups in total. The zero-order valence-corrected chi connectivity index (χ0v) is 8.73. The predicted octanol–water partition coefficient (Wildman–Crippen LogP) is 0.809. The molecule has 0 aliphatic carbocycles. The molecule has 0 amide bonds. The van der Waals surface area contributed by atoms with Crippen molar-refractivity contribution in [1.82, 2.24) is 0 Å². The lowest BCUT2D eigenvalue weighted by Gasteiger charge is -2.02. The maximum absolute atomic E-state index is 11.0. The average Bonchev–Trinajstić information content (AvgIpc) is 2.22. The lowest BCUT2D eigenvalue weighted by molar-refractivity contribution is -0.143. The van der Waals surface area contributed by atoms with E-state index in [0.29, 0.717) is 0 Å². The van der Waals surface area contributed by atoms with Crippen molar-refractivity contribution in [2.75, 3.05) is 13.7 Å². The molecule has 5 heteroatoms. The van der Waals surface area contributed by atoms with Gasteiger partial charge in [-0.1, -0.05) is 12.2 Å². The number of ether oxygens (including phenoxy) is 2. The number of carbonyl (C=O) groups excluding carboxylic acids is 2.